The molecule has 1 amide bonds. The number of amides is 1. The molecule has 0 spiro atoms. The second-order valence-corrected chi connectivity index (χ2v) is 8.53. The summed E-state index contributed by atoms with van der Waals surface area (Å²) < 4.78 is 1.31. The van der Waals surface area contributed by atoms with Gasteiger partial charge in [-0.05, 0) is 39.8 Å². The van der Waals surface area contributed by atoms with Crippen molar-refractivity contribution in [2.75, 3.05) is 37.6 Å². The number of hydrogen-bond donors (Lipinski definition) is 0. The summed E-state index contributed by atoms with van der Waals surface area (Å²) >= 11 is 6.42. The van der Waals surface area contributed by atoms with Crippen molar-refractivity contribution >= 4 is 23.2 Å². The number of aromatic nitrogens is 2. The number of carbonyl (C=O) groups is 1. The number of nitrogens with zero attached hydrogens (tertiary/aromatic N) is 5. The maximum Gasteiger partial charge on any atom is 0.292 e. The van der Waals surface area contributed by atoms with Gasteiger partial charge in [-0.25, -0.2) is 0 Å². The zero-order chi connectivity index (χ0) is 21.8. The molecule has 1 aliphatic heterocycles. The molecule has 7 nitrogen and oxygen atoms in total. The normalized spacial score (nSPS) is 15.1. The Hall–Kier alpha value is -2.38. The van der Waals surface area contributed by atoms with Crippen LogP contribution in [0.25, 0.3) is 5.69 Å². The summed E-state index contributed by atoms with van der Waals surface area (Å²) in [5, 5.41) is 4.49. The number of benzene rings is 1. The summed E-state index contributed by atoms with van der Waals surface area (Å²) in [5.41, 5.74) is 0.993. The molecule has 0 aliphatic carbocycles. The highest BCUT2D eigenvalue weighted by molar-refractivity contribution is 6.33. The predicted octanol–water partition coefficient (Wildman–Crippen LogP) is 2.65. The van der Waals surface area contributed by atoms with Crippen LogP contribution in [0.1, 0.15) is 27.7 Å². The van der Waals surface area contributed by atoms with Crippen molar-refractivity contribution in [1.29, 1.82) is 0 Å². The summed E-state index contributed by atoms with van der Waals surface area (Å²) in [6.07, 6.45) is 1.65. The number of carbonyl (C=O) groups excluding carboxylic acids is 1. The smallest absolute Gasteiger partial charge is 0.292 e. The molecule has 1 aromatic carbocycles. The molecule has 1 aromatic heterocycles. The summed E-state index contributed by atoms with van der Waals surface area (Å²) in [5.74, 6) is 0.151. The van der Waals surface area contributed by atoms with E-state index in [9.17, 15) is 9.59 Å². The van der Waals surface area contributed by atoms with Gasteiger partial charge in [-0.15, -0.1) is 0 Å². The molecule has 2 heterocycles. The van der Waals surface area contributed by atoms with Crippen LogP contribution in [0.4, 0.5) is 5.69 Å². The first-order valence-electron chi connectivity index (χ1n) is 10.4. The molecule has 0 unspecified atom stereocenters. The van der Waals surface area contributed by atoms with E-state index in [2.05, 4.69) is 14.9 Å². The highest BCUT2D eigenvalue weighted by Gasteiger charge is 2.26. The lowest BCUT2D eigenvalue weighted by Gasteiger charge is -2.38. The average molecular weight is 432 g/mol. The number of hydrogen-bond acceptors (Lipinski definition) is 5. The quantitative estimate of drug-likeness (QED) is 0.703. The Bertz CT molecular complexity index is 913. The van der Waals surface area contributed by atoms with Gasteiger partial charge in [0.15, 0.2) is 0 Å². The van der Waals surface area contributed by atoms with Gasteiger partial charge in [-0.2, -0.15) is 9.78 Å². The molecular weight excluding hydrogens is 402 g/mol. The standard InChI is InChI=1S/C22H30ClN5O2/c1-16(2)27(17(3)4)20(29)15-25-10-12-26(13-11-25)19-14-24-28(22(30)21(19)23)18-8-6-5-7-9-18/h5-9,14,16-17H,10-13,15H2,1-4H3. The van der Waals surface area contributed by atoms with Gasteiger partial charge in [-0.3, -0.25) is 14.5 Å². The van der Waals surface area contributed by atoms with E-state index < -0.39 is 0 Å². The van der Waals surface area contributed by atoms with E-state index in [1.54, 1.807) is 6.20 Å². The van der Waals surface area contributed by atoms with Crippen LogP contribution in [0, 0.1) is 0 Å². The Morgan fingerprint density at radius 3 is 2.23 bits per heavy atom. The molecule has 8 heteroatoms. The van der Waals surface area contributed by atoms with Gasteiger partial charge in [0.25, 0.3) is 5.56 Å². The number of rotatable bonds is 6. The largest absolute Gasteiger partial charge is 0.366 e. The van der Waals surface area contributed by atoms with Crippen LogP contribution in [0.5, 0.6) is 0 Å². The van der Waals surface area contributed by atoms with Crippen molar-refractivity contribution in [3.8, 4) is 5.69 Å². The molecule has 162 valence electrons. The molecule has 0 N–H and O–H groups in total. The third-order valence-electron chi connectivity index (χ3n) is 5.37. The second kappa shape index (κ2) is 9.62. The van der Waals surface area contributed by atoms with Crippen molar-refractivity contribution in [3.05, 3.63) is 51.9 Å². The minimum absolute atomic E-state index is 0.151. The lowest BCUT2D eigenvalue weighted by atomic mass is 10.2. The maximum atomic E-state index is 12.7. The Morgan fingerprint density at radius 2 is 1.67 bits per heavy atom. The molecule has 30 heavy (non-hydrogen) atoms. The van der Waals surface area contributed by atoms with Gasteiger partial charge in [0.1, 0.15) is 5.02 Å². The minimum Gasteiger partial charge on any atom is -0.366 e. The third kappa shape index (κ3) is 4.84. The Morgan fingerprint density at radius 1 is 1.07 bits per heavy atom. The van der Waals surface area contributed by atoms with Gasteiger partial charge >= 0.3 is 0 Å². The van der Waals surface area contributed by atoms with E-state index in [-0.39, 0.29) is 28.6 Å². The first-order valence-corrected chi connectivity index (χ1v) is 10.8. The fourth-order valence-corrected chi connectivity index (χ4v) is 4.24. The Kier molecular flexibility index (Phi) is 7.15. The molecule has 1 fully saturated rings. The van der Waals surface area contributed by atoms with Crippen LogP contribution >= 0.6 is 11.6 Å². The fraction of sp³-hybridized carbons (Fsp3) is 0.500. The monoisotopic (exact) mass is 431 g/mol. The van der Waals surface area contributed by atoms with Crippen LogP contribution in [0.15, 0.2) is 41.3 Å². The molecule has 0 atom stereocenters. The van der Waals surface area contributed by atoms with E-state index in [0.29, 0.717) is 31.0 Å². The molecular formula is C22H30ClN5O2. The maximum absolute atomic E-state index is 12.7. The van der Waals surface area contributed by atoms with Crippen LogP contribution < -0.4 is 10.5 Å². The number of para-hydroxylation sites is 1. The van der Waals surface area contributed by atoms with Crippen molar-refractivity contribution < 1.29 is 4.79 Å². The van der Waals surface area contributed by atoms with Crippen molar-refractivity contribution in [3.63, 3.8) is 0 Å². The van der Waals surface area contributed by atoms with E-state index in [0.717, 1.165) is 13.1 Å². The third-order valence-corrected chi connectivity index (χ3v) is 5.73. The highest BCUT2D eigenvalue weighted by Crippen LogP contribution is 2.23. The van der Waals surface area contributed by atoms with Crippen LogP contribution in [0.2, 0.25) is 5.02 Å². The van der Waals surface area contributed by atoms with Gasteiger partial charge in [0.05, 0.1) is 24.1 Å². The van der Waals surface area contributed by atoms with Gasteiger partial charge < -0.3 is 9.80 Å². The van der Waals surface area contributed by atoms with Gasteiger partial charge in [0, 0.05) is 38.3 Å². The van der Waals surface area contributed by atoms with Crippen LogP contribution in [-0.2, 0) is 4.79 Å². The van der Waals surface area contributed by atoms with Gasteiger partial charge in [0.2, 0.25) is 5.91 Å². The average Bonchev–Trinajstić information content (AvgIpc) is 2.71. The van der Waals surface area contributed by atoms with E-state index >= 15 is 0 Å². The zero-order valence-corrected chi connectivity index (χ0v) is 18.8. The number of anilines is 1. The summed E-state index contributed by atoms with van der Waals surface area (Å²) in [6.45, 7) is 11.4. The summed E-state index contributed by atoms with van der Waals surface area (Å²) in [4.78, 5) is 31.6. The van der Waals surface area contributed by atoms with E-state index in [1.807, 2.05) is 62.9 Å². The highest BCUT2D eigenvalue weighted by atomic mass is 35.5. The van der Waals surface area contributed by atoms with Crippen molar-refractivity contribution in [1.82, 2.24) is 19.6 Å². The first-order chi connectivity index (χ1) is 14.3. The number of halogens is 1. The zero-order valence-electron chi connectivity index (χ0n) is 18.1. The summed E-state index contributed by atoms with van der Waals surface area (Å²) in [7, 11) is 0. The van der Waals surface area contributed by atoms with Crippen molar-refractivity contribution in [2.24, 2.45) is 0 Å². The van der Waals surface area contributed by atoms with Gasteiger partial charge in [-0.1, -0.05) is 29.8 Å². The lowest BCUT2D eigenvalue weighted by molar-refractivity contribution is -0.136. The van der Waals surface area contributed by atoms with E-state index in [4.69, 9.17) is 11.6 Å². The SMILES string of the molecule is CC(C)N(C(=O)CN1CCN(c2cnn(-c3ccccc3)c(=O)c2Cl)CC1)C(C)C. The van der Waals surface area contributed by atoms with Crippen LogP contribution in [0.3, 0.4) is 0 Å². The Labute approximate surface area is 182 Å². The molecule has 0 bridgehead atoms. The fourth-order valence-electron chi connectivity index (χ4n) is 3.99. The topological polar surface area (TPSA) is 61.7 Å². The van der Waals surface area contributed by atoms with Crippen molar-refractivity contribution in [2.45, 2.75) is 39.8 Å². The molecule has 1 aliphatic rings. The van der Waals surface area contributed by atoms with Crippen LogP contribution in [-0.4, -0.2) is 70.3 Å². The molecule has 0 saturated carbocycles. The molecule has 0 radical (unpaired) electrons. The summed E-state index contributed by atoms with van der Waals surface area (Å²) in [6, 6.07) is 9.59. The Balaban J connectivity index is 1.66. The second-order valence-electron chi connectivity index (χ2n) is 8.15. The number of piperazine rings is 1. The molecule has 3 rings (SSSR count). The first kappa shape index (κ1) is 22.3. The molecule has 1 saturated heterocycles. The van der Waals surface area contributed by atoms with E-state index in [1.165, 1.54) is 4.68 Å². The predicted molar refractivity (Wildman–Crippen MR) is 121 cm³/mol. The minimum atomic E-state index is -0.331. The lowest BCUT2D eigenvalue weighted by Crippen LogP contribution is -2.52. The molecule has 2 aromatic rings.